The fourth-order valence-corrected chi connectivity index (χ4v) is 2.34. The van der Waals surface area contributed by atoms with E-state index >= 15 is 0 Å². The van der Waals surface area contributed by atoms with Crippen molar-refractivity contribution in [1.82, 2.24) is 10.9 Å². The highest BCUT2D eigenvalue weighted by Crippen LogP contribution is 2.19. The molecule has 0 aromatic carbocycles. The summed E-state index contributed by atoms with van der Waals surface area (Å²) < 4.78 is 4.59. The van der Waals surface area contributed by atoms with Gasteiger partial charge in [-0.05, 0) is 44.9 Å². The topological polar surface area (TPSA) is 76.4 Å². The Balaban J connectivity index is 4.50. The van der Waals surface area contributed by atoms with Crippen molar-refractivity contribution < 1.29 is 9.53 Å². The van der Waals surface area contributed by atoms with Crippen LogP contribution in [0.2, 0.25) is 0 Å². The number of rotatable bonds is 11. The van der Waals surface area contributed by atoms with E-state index in [0.717, 1.165) is 32.1 Å². The fraction of sp³-hybridized carbons (Fsp3) is 0.812. The third kappa shape index (κ3) is 10.0. The average molecular weight is 334 g/mol. The van der Waals surface area contributed by atoms with Gasteiger partial charge < -0.3 is 10.5 Å². The van der Waals surface area contributed by atoms with E-state index in [1.807, 2.05) is 13.0 Å². The van der Waals surface area contributed by atoms with Crippen LogP contribution in [0.4, 0.5) is 4.79 Å². The van der Waals surface area contributed by atoms with Crippen LogP contribution in [-0.4, -0.2) is 30.7 Å². The predicted octanol–water partition coefficient (Wildman–Crippen LogP) is 3.33. The smallest absolute Gasteiger partial charge is 0.421 e. The molecule has 0 fully saturated rings. The second-order valence-electron chi connectivity index (χ2n) is 5.73. The lowest BCUT2D eigenvalue weighted by molar-refractivity contribution is 0.158. The number of nitrogens with one attached hydrogen (secondary N) is 2. The second-order valence-corrected chi connectivity index (χ2v) is 6.35. The Morgan fingerprint density at radius 1 is 1.41 bits per heavy atom. The molecule has 0 bridgehead atoms. The van der Waals surface area contributed by atoms with E-state index in [2.05, 4.69) is 35.5 Å². The van der Waals surface area contributed by atoms with Crippen LogP contribution in [0.3, 0.4) is 0 Å². The first-order valence-electron chi connectivity index (χ1n) is 8.04. The summed E-state index contributed by atoms with van der Waals surface area (Å²) in [7, 11) is 1.34. The van der Waals surface area contributed by atoms with Gasteiger partial charge in [-0.2, -0.15) is 0 Å². The number of hydrogen-bond acceptors (Lipinski definition) is 4. The molecule has 0 heterocycles. The highest BCUT2D eigenvalue weighted by molar-refractivity contribution is 6.20. The molecule has 0 aromatic heterocycles. The van der Waals surface area contributed by atoms with E-state index in [9.17, 15) is 4.79 Å². The Labute approximate surface area is 140 Å². The molecule has 0 aliphatic carbocycles. The number of alkyl halides is 1. The standard InChI is InChI=1S/C16H32ClN3O2/c1-5-7-8-14(18)11-15(19-20-16(21)22-4)12(3)9-10-13(17)6-2/h5,7,12-15,19H,6,8-11,18H2,1-4H3,(H,20,21)/b7-5+. The van der Waals surface area contributed by atoms with Crippen LogP contribution in [-0.2, 0) is 4.74 Å². The van der Waals surface area contributed by atoms with Gasteiger partial charge in [0.25, 0.3) is 0 Å². The number of hydrogen-bond donors (Lipinski definition) is 3. The first kappa shape index (κ1) is 21.2. The fourth-order valence-electron chi connectivity index (χ4n) is 2.22. The molecule has 0 saturated carbocycles. The molecular weight excluding hydrogens is 302 g/mol. The van der Waals surface area contributed by atoms with Crippen molar-refractivity contribution in [3.05, 3.63) is 12.2 Å². The molecule has 0 radical (unpaired) electrons. The molecule has 0 aromatic rings. The normalized spacial score (nSPS) is 17.0. The molecule has 4 N–H and O–H groups in total. The molecular formula is C16H32ClN3O2. The molecule has 6 heteroatoms. The van der Waals surface area contributed by atoms with Crippen LogP contribution in [0.1, 0.15) is 52.9 Å². The van der Waals surface area contributed by atoms with Gasteiger partial charge in [0.15, 0.2) is 0 Å². The third-order valence-electron chi connectivity index (χ3n) is 3.84. The SMILES string of the molecule is C/C=C/CC(N)CC(NNC(=O)OC)C(C)CCC(Cl)CC. The summed E-state index contributed by atoms with van der Waals surface area (Å²) in [5, 5.41) is 0.202. The highest BCUT2D eigenvalue weighted by Gasteiger charge is 2.21. The molecule has 0 spiro atoms. The summed E-state index contributed by atoms with van der Waals surface area (Å²) in [6, 6.07) is 0.133. The number of carbonyl (C=O) groups is 1. The molecule has 22 heavy (non-hydrogen) atoms. The minimum atomic E-state index is -0.497. The summed E-state index contributed by atoms with van der Waals surface area (Å²) in [4.78, 5) is 11.2. The van der Waals surface area contributed by atoms with E-state index in [0.29, 0.717) is 5.92 Å². The quantitative estimate of drug-likeness (QED) is 0.308. The zero-order valence-electron chi connectivity index (χ0n) is 14.3. The molecule has 1 amide bonds. The van der Waals surface area contributed by atoms with Crippen molar-refractivity contribution in [2.45, 2.75) is 70.3 Å². The van der Waals surface area contributed by atoms with E-state index in [4.69, 9.17) is 17.3 Å². The number of amides is 1. The second kappa shape index (κ2) is 12.7. The van der Waals surface area contributed by atoms with Crippen LogP contribution in [0.5, 0.6) is 0 Å². The van der Waals surface area contributed by atoms with Crippen LogP contribution in [0, 0.1) is 5.92 Å². The number of ether oxygens (including phenoxy) is 1. The Morgan fingerprint density at radius 2 is 2.09 bits per heavy atom. The largest absolute Gasteiger partial charge is 0.452 e. The maximum absolute atomic E-state index is 11.2. The van der Waals surface area contributed by atoms with Crippen LogP contribution in [0.25, 0.3) is 0 Å². The van der Waals surface area contributed by atoms with Gasteiger partial charge in [-0.3, -0.25) is 5.43 Å². The number of carbonyl (C=O) groups excluding carboxylic acids is 1. The van der Waals surface area contributed by atoms with E-state index in [-0.39, 0.29) is 17.5 Å². The number of hydrazine groups is 1. The average Bonchev–Trinajstić information content (AvgIpc) is 2.53. The maximum Gasteiger partial charge on any atom is 0.421 e. The molecule has 4 atom stereocenters. The number of allylic oxidation sites excluding steroid dienone is 1. The number of methoxy groups -OCH3 is 1. The molecule has 130 valence electrons. The van der Waals surface area contributed by atoms with Crippen molar-refractivity contribution in [3.8, 4) is 0 Å². The molecule has 0 aliphatic heterocycles. The van der Waals surface area contributed by atoms with E-state index < -0.39 is 6.09 Å². The van der Waals surface area contributed by atoms with E-state index in [1.165, 1.54) is 7.11 Å². The minimum Gasteiger partial charge on any atom is -0.452 e. The molecule has 4 unspecified atom stereocenters. The summed E-state index contributed by atoms with van der Waals surface area (Å²) in [6.07, 6.45) is 8.07. The van der Waals surface area contributed by atoms with Gasteiger partial charge in [0, 0.05) is 17.5 Å². The molecule has 0 saturated heterocycles. The lowest BCUT2D eigenvalue weighted by Crippen LogP contribution is -2.49. The summed E-state index contributed by atoms with van der Waals surface area (Å²) in [5.41, 5.74) is 11.8. The first-order valence-corrected chi connectivity index (χ1v) is 8.48. The van der Waals surface area contributed by atoms with Gasteiger partial charge >= 0.3 is 6.09 Å². The molecule has 5 nitrogen and oxygen atoms in total. The maximum atomic E-state index is 11.2. The minimum absolute atomic E-state index is 0.0496. The van der Waals surface area contributed by atoms with E-state index in [1.54, 1.807) is 0 Å². The summed E-state index contributed by atoms with van der Waals surface area (Å²) in [5.74, 6) is 0.349. The van der Waals surface area contributed by atoms with Crippen molar-refractivity contribution in [3.63, 3.8) is 0 Å². The Bertz CT molecular complexity index is 327. The van der Waals surface area contributed by atoms with Gasteiger partial charge in [0.05, 0.1) is 7.11 Å². The van der Waals surface area contributed by atoms with Crippen LogP contribution in [0.15, 0.2) is 12.2 Å². The Kier molecular flexibility index (Phi) is 12.3. The van der Waals surface area contributed by atoms with Gasteiger partial charge in [-0.1, -0.05) is 26.0 Å². The number of nitrogens with two attached hydrogens (primary N) is 1. The number of halogens is 1. The Hall–Kier alpha value is -0.780. The first-order chi connectivity index (χ1) is 10.4. The zero-order chi connectivity index (χ0) is 17.0. The van der Waals surface area contributed by atoms with Crippen LogP contribution >= 0.6 is 11.6 Å². The lowest BCUT2D eigenvalue weighted by atomic mass is 9.90. The zero-order valence-corrected chi connectivity index (χ0v) is 15.0. The Morgan fingerprint density at radius 3 is 2.64 bits per heavy atom. The lowest BCUT2D eigenvalue weighted by Gasteiger charge is -2.28. The monoisotopic (exact) mass is 333 g/mol. The summed E-state index contributed by atoms with van der Waals surface area (Å²) >= 11 is 6.19. The van der Waals surface area contributed by atoms with Gasteiger partial charge in [0.1, 0.15) is 0 Å². The molecule has 0 aliphatic rings. The van der Waals surface area contributed by atoms with Crippen LogP contribution < -0.4 is 16.6 Å². The van der Waals surface area contributed by atoms with Crippen molar-refractivity contribution in [1.29, 1.82) is 0 Å². The molecule has 0 rings (SSSR count). The van der Waals surface area contributed by atoms with Gasteiger partial charge in [-0.15, -0.1) is 11.6 Å². The third-order valence-corrected chi connectivity index (χ3v) is 4.37. The van der Waals surface area contributed by atoms with Gasteiger partial charge in [0.2, 0.25) is 0 Å². The summed E-state index contributed by atoms with van der Waals surface area (Å²) in [6.45, 7) is 6.22. The van der Waals surface area contributed by atoms with Gasteiger partial charge in [-0.25, -0.2) is 10.2 Å². The highest BCUT2D eigenvalue weighted by atomic mass is 35.5. The van der Waals surface area contributed by atoms with Crippen molar-refractivity contribution >= 4 is 17.7 Å². The predicted molar refractivity (Wildman–Crippen MR) is 92.8 cm³/mol. The van der Waals surface area contributed by atoms with Crippen molar-refractivity contribution in [2.24, 2.45) is 11.7 Å². The van der Waals surface area contributed by atoms with Crippen molar-refractivity contribution in [2.75, 3.05) is 7.11 Å².